The number of thiazole rings is 1. The molecule has 1 heterocycles. The Kier molecular flexibility index (Phi) is 5.00. The molecule has 0 unspecified atom stereocenters. The first-order chi connectivity index (χ1) is 10.5. The maximum Gasteiger partial charge on any atom is 0.264 e. The van der Waals surface area contributed by atoms with E-state index in [0.29, 0.717) is 22.1 Å². The number of ether oxygens (including phenoxy) is 1. The highest BCUT2D eigenvalue weighted by Gasteiger charge is 2.10. The van der Waals surface area contributed by atoms with Gasteiger partial charge in [0, 0.05) is 17.9 Å². The number of aromatic nitrogens is 1. The normalized spacial score (nSPS) is 10.1. The predicted molar refractivity (Wildman–Crippen MR) is 82.7 cm³/mol. The molecule has 1 N–H and O–H groups in total. The second-order valence-corrected chi connectivity index (χ2v) is 5.37. The van der Waals surface area contributed by atoms with E-state index in [1.165, 1.54) is 25.2 Å². The third-order valence-electron chi connectivity index (χ3n) is 2.72. The SMILES string of the molecule is CC(=O)c1cccc(OCC(=O)Nc2nc(C(C)=O)cs2)c1. The van der Waals surface area contributed by atoms with Crippen LogP contribution in [-0.4, -0.2) is 29.1 Å². The third kappa shape index (κ3) is 4.23. The minimum absolute atomic E-state index is 0.0746. The molecule has 1 aromatic carbocycles. The lowest BCUT2D eigenvalue weighted by atomic mass is 10.1. The number of carbonyl (C=O) groups excluding carboxylic acids is 3. The number of Topliss-reactive ketones (excluding diaryl/α,β-unsaturated/α-hetero) is 2. The molecule has 114 valence electrons. The van der Waals surface area contributed by atoms with Crippen molar-refractivity contribution in [3.05, 3.63) is 40.9 Å². The van der Waals surface area contributed by atoms with Crippen molar-refractivity contribution >= 4 is 33.9 Å². The van der Waals surface area contributed by atoms with Crippen LogP contribution in [0, 0.1) is 0 Å². The summed E-state index contributed by atoms with van der Waals surface area (Å²) in [4.78, 5) is 38.1. The van der Waals surface area contributed by atoms with E-state index in [9.17, 15) is 14.4 Å². The van der Waals surface area contributed by atoms with Crippen molar-refractivity contribution in [1.29, 1.82) is 0 Å². The summed E-state index contributed by atoms with van der Waals surface area (Å²) in [5.41, 5.74) is 0.833. The third-order valence-corrected chi connectivity index (χ3v) is 3.48. The van der Waals surface area contributed by atoms with Gasteiger partial charge in [-0.15, -0.1) is 11.3 Å². The Morgan fingerprint density at radius 3 is 2.64 bits per heavy atom. The van der Waals surface area contributed by atoms with Gasteiger partial charge in [0.2, 0.25) is 0 Å². The number of carbonyl (C=O) groups is 3. The average molecular weight is 318 g/mol. The molecule has 7 heteroatoms. The summed E-state index contributed by atoms with van der Waals surface area (Å²) >= 11 is 1.17. The van der Waals surface area contributed by atoms with E-state index in [4.69, 9.17) is 4.74 Å². The van der Waals surface area contributed by atoms with Crippen molar-refractivity contribution < 1.29 is 19.1 Å². The Hall–Kier alpha value is -2.54. The Bertz CT molecular complexity index is 724. The fourth-order valence-corrected chi connectivity index (χ4v) is 2.37. The van der Waals surface area contributed by atoms with Crippen molar-refractivity contribution in [2.75, 3.05) is 11.9 Å². The summed E-state index contributed by atoms with van der Waals surface area (Å²) in [6.45, 7) is 2.66. The summed E-state index contributed by atoms with van der Waals surface area (Å²) in [5, 5.41) is 4.47. The monoisotopic (exact) mass is 318 g/mol. The fourth-order valence-electron chi connectivity index (χ4n) is 1.60. The van der Waals surface area contributed by atoms with Crippen LogP contribution in [0.4, 0.5) is 5.13 Å². The van der Waals surface area contributed by atoms with Gasteiger partial charge >= 0.3 is 0 Å². The highest BCUT2D eigenvalue weighted by Crippen LogP contribution is 2.16. The lowest BCUT2D eigenvalue weighted by Gasteiger charge is -2.06. The molecule has 0 fully saturated rings. The smallest absolute Gasteiger partial charge is 0.264 e. The van der Waals surface area contributed by atoms with Gasteiger partial charge in [0.05, 0.1) is 0 Å². The first-order valence-electron chi connectivity index (χ1n) is 6.46. The largest absolute Gasteiger partial charge is 0.484 e. The Morgan fingerprint density at radius 1 is 1.23 bits per heavy atom. The summed E-state index contributed by atoms with van der Waals surface area (Å²) in [6, 6.07) is 6.60. The highest BCUT2D eigenvalue weighted by molar-refractivity contribution is 7.14. The van der Waals surface area contributed by atoms with Crippen LogP contribution in [-0.2, 0) is 4.79 Å². The number of amides is 1. The molecule has 0 saturated heterocycles. The number of nitrogens with one attached hydrogen (secondary N) is 1. The zero-order chi connectivity index (χ0) is 16.1. The van der Waals surface area contributed by atoms with E-state index in [1.807, 2.05) is 0 Å². The maximum atomic E-state index is 11.8. The zero-order valence-corrected chi connectivity index (χ0v) is 12.9. The molecule has 0 saturated carbocycles. The lowest BCUT2D eigenvalue weighted by Crippen LogP contribution is -2.20. The van der Waals surface area contributed by atoms with Crippen molar-refractivity contribution in [3.8, 4) is 5.75 Å². The van der Waals surface area contributed by atoms with Crippen LogP contribution in [0.2, 0.25) is 0 Å². The predicted octanol–water partition coefficient (Wildman–Crippen LogP) is 2.57. The number of ketones is 2. The highest BCUT2D eigenvalue weighted by atomic mass is 32.1. The van der Waals surface area contributed by atoms with Crippen LogP contribution in [0.1, 0.15) is 34.7 Å². The van der Waals surface area contributed by atoms with Gasteiger partial charge in [-0.2, -0.15) is 0 Å². The van der Waals surface area contributed by atoms with Gasteiger partial charge in [0.15, 0.2) is 23.3 Å². The molecule has 0 aliphatic heterocycles. The number of rotatable bonds is 6. The van der Waals surface area contributed by atoms with Crippen molar-refractivity contribution in [3.63, 3.8) is 0 Å². The Labute approximate surface area is 131 Å². The molecule has 2 aromatic rings. The molecule has 0 aliphatic carbocycles. The number of anilines is 1. The van der Waals surface area contributed by atoms with Crippen LogP contribution in [0.5, 0.6) is 5.75 Å². The van der Waals surface area contributed by atoms with Gasteiger partial charge in [0.1, 0.15) is 11.4 Å². The van der Waals surface area contributed by atoms with Crippen molar-refractivity contribution in [2.24, 2.45) is 0 Å². The van der Waals surface area contributed by atoms with E-state index in [0.717, 1.165) is 0 Å². The number of benzene rings is 1. The van der Waals surface area contributed by atoms with Gasteiger partial charge in [-0.05, 0) is 19.1 Å². The van der Waals surface area contributed by atoms with Gasteiger partial charge in [-0.1, -0.05) is 12.1 Å². The molecule has 1 aromatic heterocycles. The average Bonchev–Trinajstić information content (AvgIpc) is 2.94. The van der Waals surface area contributed by atoms with E-state index in [2.05, 4.69) is 10.3 Å². The van der Waals surface area contributed by atoms with Crippen molar-refractivity contribution in [2.45, 2.75) is 13.8 Å². The van der Waals surface area contributed by atoms with Crippen molar-refractivity contribution in [1.82, 2.24) is 4.98 Å². The number of nitrogens with zero attached hydrogens (tertiary/aromatic N) is 1. The first kappa shape index (κ1) is 15.8. The summed E-state index contributed by atoms with van der Waals surface area (Å²) in [5.74, 6) is -0.187. The van der Waals surface area contributed by atoms with Crippen LogP contribution in [0.3, 0.4) is 0 Å². The topological polar surface area (TPSA) is 85.4 Å². The molecule has 6 nitrogen and oxygen atoms in total. The molecule has 1 amide bonds. The molecule has 0 aliphatic rings. The molecule has 2 rings (SSSR count). The van der Waals surface area contributed by atoms with E-state index < -0.39 is 5.91 Å². The maximum absolute atomic E-state index is 11.8. The van der Waals surface area contributed by atoms with Gasteiger partial charge in [0.25, 0.3) is 5.91 Å². The van der Waals surface area contributed by atoms with Crippen LogP contribution < -0.4 is 10.1 Å². The fraction of sp³-hybridized carbons (Fsp3) is 0.200. The standard InChI is InChI=1S/C15H14N2O4S/c1-9(18)11-4-3-5-12(6-11)21-7-14(20)17-15-16-13(8-22-15)10(2)19/h3-6,8H,7H2,1-2H3,(H,16,17,20). The Balaban J connectivity index is 1.91. The minimum Gasteiger partial charge on any atom is -0.484 e. The quantitative estimate of drug-likeness (QED) is 0.827. The molecular formula is C15H14N2O4S. The molecule has 0 bridgehead atoms. The minimum atomic E-state index is -0.391. The van der Waals surface area contributed by atoms with Gasteiger partial charge in [-0.25, -0.2) is 4.98 Å². The van der Waals surface area contributed by atoms with Gasteiger partial charge < -0.3 is 4.74 Å². The molecule has 0 spiro atoms. The summed E-state index contributed by atoms with van der Waals surface area (Å²) in [7, 11) is 0. The summed E-state index contributed by atoms with van der Waals surface area (Å²) < 4.78 is 5.33. The first-order valence-corrected chi connectivity index (χ1v) is 7.34. The molecule has 0 radical (unpaired) electrons. The second-order valence-electron chi connectivity index (χ2n) is 4.51. The lowest BCUT2D eigenvalue weighted by molar-refractivity contribution is -0.118. The number of hydrogen-bond donors (Lipinski definition) is 1. The van der Waals surface area contributed by atoms with Gasteiger partial charge in [-0.3, -0.25) is 19.7 Å². The van der Waals surface area contributed by atoms with E-state index >= 15 is 0 Å². The zero-order valence-electron chi connectivity index (χ0n) is 12.1. The molecule has 0 atom stereocenters. The Morgan fingerprint density at radius 2 is 2.00 bits per heavy atom. The van der Waals surface area contributed by atoms with Crippen LogP contribution in [0.15, 0.2) is 29.6 Å². The number of hydrogen-bond acceptors (Lipinski definition) is 6. The summed E-state index contributed by atoms with van der Waals surface area (Å²) in [6.07, 6.45) is 0. The van der Waals surface area contributed by atoms with E-state index in [1.54, 1.807) is 29.6 Å². The molecule has 22 heavy (non-hydrogen) atoms. The van der Waals surface area contributed by atoms with Crippen LogP contribution >= 0.6 is 11.3 Å². The van der Waals surface area contributed by atoms with E-state index in [-0.39, 0.29) is 18.2 Å². The van der Waals surface area contributed by atoms with Crippen LogP contribution in [0.25, 0.3) is 0 Å². The second kappa shape index (κ2) is 6.95. The molecular weight excluding hydrogens is 304 g/mol.